The van der Waals surface area contributed by atoms with Crippen LogP contribution >= 0.6 is 0 Å². The van der Waals surface area contributed by atoms with E-state index in [0.717, 1.165) is 16.7 Å². The lowest BCUT2D eigenvalue weighted by atomic mass is 9.89. The van der Waals surface area contributed by atoms with Crippen molar-refractivity contribution in [2.24, 2.45) is 0 Å². The predicted molar refractivity (Wildman–Crippen MR) is 113 cm³/mol. The van der Waals surface area contributed by atoms with Crippen LogP contribution in [-0.2, 0) is 4.74 Å². The van der Waals surface area contributed by atoms with Gasteiger partial charge in [-0.3, -0.25) is 15.0 Å². The number of carbonyl (C=O) groups is 1. The molecular formula is C22H32N2O5. The Kier molecular flexibility index (Phi) is 6.60. The Labute approximate surface area is 172 Å². The number of benzene rings is 1. The van der Waals surface area contributed by atoms with Gasteiger partial charge in [0.15, 0.2) is 5.75 Å². The van der Waals surface area contributed by atoms with Crippen LogP contribution in [0, 0.1) is 17.0 Å². The zero-order valence-corrected chi connectivity index (χ0v) is 18.6. The number of amides is 1. The average molecular weight is 405 g/mol. The quantitative estimate of drug-likeness (QED) is 0.489. The molecule has 0 bridgehead atoms. The standard InChI is InChI=1S/C22H32N2O5/c1-13(2)28-20-12-18(14(3)9-19(20)24(26)27)17-10-15(4)23(16(5)11-17)21(25)29-22(6,7)8/h9-10,12-13,15-16H,11H2,1-8H3/t15-,16-/m1/s1. The van der Waals surface area contributed by atoms with E-state index in [0.29, 0.717) is 6.42 Å². The Hall–Kier alpha value is -2.57. The number of hydrogen-bond donors (Lipinski definition) is 0. The fourth-order valence-corrected chi connectivity index (χ4v) is 3.63. The average Bonchev–Trinajstić information content (AvgIpc) is 2.52. The molecule has 0 aromatic heterocycles. The molecule has 160 valence electrons. The van der Waals surface area contributed by atoms with Gasteiger partial charge in [-0.1, -0.05) is 6.08 Å². The van der Waals surface area contributed by atoms with Gasteiger partial charge in [-0.25, -0.2) is 4.79 Å². The van der Waals surface area contributed by atoms with Crippen molar-refractivity contribution < 1.29 is 19.2 Å². The smallest absolute Gasteiger partial charge is 0.411 e. The zero-order valence-electron chi connectivity index (χ0n) is 18.6. The maximum absolute atomic E-state index is 12.6. The van der Waals surface area contributed by atoms with Crippen molar-refractivity contribution >= 4 is 17.4 Å². The molecule has 1 aromatic rings. The number of aryl methyl sites for hydroxylation is 1. The first-order valence-corrected chi connectivity index (χ1v) is 9.98. The van der Waals surface area contributed by atoms with Crippen LogP contribution in [0.3, 0.4) is 0 Å². The molecule has 0 radical (unpaired) electrons. The lowest BCUT2D eigenvalue weighted by molar-refractivity contribution is -0.386. The number of ether oxygens (including phenoxy) is 2. The number of hydrogen-bond acceptors (Lipinski definition) is 5. The van der Waals surface area contributed by atoms with E-state index < -0.39 is 10.5 Å². The van der Waals surface area contributed by atoms with Crippen molar-refractivity contribution in [3.63, 3.8) is 0 Å². The number of nitrogens with zero attached hydrogens (tertiary/aromatic N) is 2. The summed E-state index contributed by atoms with van der Waals surface area (Å²) in [6.07, 6.45) is 2.14. The molecule has 7 nitrogen and oxygen atoms in total. The minimum Gasteiger partial charge on any atom is -0.484 e. The Morgan fingerprint density at radius 3 is 2.38 bits per heavy atom. The van der Waals surface area contributed by atoms with E-state index in [1.807, 2.05) is 61.5 Å². The molecule has 1 aliphatic heterocycles. The summed E-state index contributed by atoms with van der Waals surface area (Å²) in [5, 5.41) is 11.4. The molecule has 1 heterocycles. The van der Waals surface area contributed by atoms with Crippen molar-refractivity contribution in [2.45, 2.75) is 85.6 Å². The lowest BCUT2D eigenvalue weighted by Crippen LogP contribution is -2.48. The number of nitro groups is 1. The minimum absolute atomic E-state index is 0.0344. The van der Waals surface area contributed by atoms with Gasteiger partial charge < -0.3 is 9.47 Å². The number of nitro benzene ring substituents is 1. The molecule has 7 heteroatoms. The molecule has 2 atom stereocenters. The monoisotopic (exact) mass is 404 g/mol. The van der Waals surface area contributed by atoms with Crippen LogP contribution in [0.15, 0.2) is 18.2 Å². The third-order valence-corrected chi connectivity index (χ3v) is 4.69. The molecule has 0 fully saturated rings. The molecule has 0 aliphatic carbocycles. The van der Waals surface area contributed by atoms with E-state index >= 15 is 0 Å². The van der Waals surface area contributed by atoms with E-state index in [2.05, 4.69) is 0 Å². The molecular weight excluding hydrogens is 372 g/mol. The topological polar surface area (TPSA) is 81.9 Å². The zero-order chi connectivity index (χ0) is 22.1. The lowest BCUT2D eigenvalue weighted by Gasteiger charge is -2.39. The fourth-order valence-electron chi connectivity index (χ4n) is 3.63. The molecule has 1 aliphatic rings. The second-order valence-corrected chi connectivity index (χ2v) is 8.93. The van der Waals surface area contributed by atoms with E-state index in [1.165, 1.54) is 0 Å². The van der Waals surface area contributed by atoms with Gasteiger partial charge in [0.25, 0.3) is 0 Å². The Bertz CT molecular complexity index is 823. The highest BCUT2D eigenvalue weighted by molar-refractivity contribution is 5.76. The minimum atomic E-state index is -0.557. The van der Waals surface area contributed by atoms with E-state index in [-0.39, 0.29) is 35.7 Å². The summed E-state index contributed by atoms with van der Waals surface area (Å²) in [4.78, 5) is 25.4. The predicted octanol–water partition coefficient (Wildman–Crippen LogP) is 5.49. The molecule has 29 heavy (non-hydrogen) atoms. The summed E-state index contributed by atoms with van der Waals surface area (Å²) in [5.74, 6) is 0.265. The summed E-state index contributed by atoms with van der Waals surface area (Å²) >= 11 is 0. The fraction of sp³-hybridized carbons (Fsp3) is 0.591. The summed E-state index contributed by atoms with van der Waals surface area (Å²) in [7, 11) is 0. The van der Waals surface area contributed by atoms with Crippen LogP contribution in [0.5, 0.6) is 5.75 Å². The maximum Gasteiger partial charge on any atom is 0.411 e. The SMILES string of the molecule is Cc1cc([N+](=O)[O-])c(OC(C)C)cc1C1=C[C@@H](C)N(C(=O)OC(C)(C)C)[C@H](C)C1. The van der Waals surface area contributed by atoms with E-state index in [9.17, 15) is 14.9 Å². The highest BCUT2D eigenvalue weighted by Crippen LogP contribution is 2.38. The van der Waals surface area contributed by atoms with Crippen LogP contribution < -0.4 is 4.74 Å². The van der Waals surface area contributed by atoms with Gasteiger partial charge in [0.2, 0.25) is 0 Å². The molecule has 1 amide bonds. The molecule has 0 saturated carbocycles. The van der Waals surface area contributed by atoms with Crippen molar-refractivity contribution in [1.29, 1.82) is 0 Å². The van der Waals surface area contributed by atoms with Crippen molar-refractivity contribution in [3.05, 3.63) is 39.4 Å². The highest BCUT2D eigenvalue weighted by atomic mass is 16.6. The summed E-state index contributed by atoms with van der Waals surface area (Å²) in [5.41, 5.74) is 2.18. The molecule has 1 aromatic carbocycles. The summed E-state index contributed by atoms with van der Waals surface area (Å²) in [6.45, 7) is 15.0. The Morgan fingerprint density at radius 1 is 1.28 bits per heavy atom. The Morgan fingerprint density at radius 2 is 1.90 bits per heavy atom. The van der Waals surface area contributed by atoms with E-state index in [1.54, 1.807) is 17.0 Å². The normalized spacial score (nSPS) is 19.8. The van der Waals surface area contributed by atoms with Crippen molar-refractivity contribution in [3.8, 4) is 5.75 Å². The maximum atomic E-state index is 12.6. The van der Waals surface area contributed by atoms with Gasteiger partial charge in [0.05, 0.1) is 17.1 Å². The van der Waals surface area contributed by atoms with Crippen molar-refractivity contribution in [1.82, 2.24) is 4.90 Å². The van der Waals surface area contributed by atoms with Crippen LogP contribution in [0.1, 0.15) is 66.0 Å². The molecule has 2 rings (SSSR count). The summed E-state index contributed by atoms with van der Waals surface area (Å²) < 4.78 is 11.3. The highest BCUT2D eigenvalue weighted by Gasteiger charge is 2.33. The second-order valence-electron chi connectivity index (χ2n) is 8.93. The van der Waals surface area contributed by atoms with Gasteiger partial charge in [-0.2, -0.15) is 0 Å². The van der Waals surface area contributed by atoms with E-state index in [4.69, 9.17) is 9.47 Å². The van der Waals surface area contributed by atoms with Crippen LogP contribution in [0.25, 0.3) is 5.57 Å². The van der Waals surface area contributed by atoms with Gasteiger partial charge in [-0.05, 0) is 84.6 Å². The first kappa shape index (κ1) is 22.7. The second kappa shape index (κ2) is 8.43. The molecule has 0 unspecified atom stereocenters. The van der Waals surface area contributed by atoms with Crippen LogP contribution in [-0.4, -0.2) is 39.7 Å². The van der Waals surface area contributed by atoms with Crippen LogP contribution in [0.4, 0.5) is 10.5 Å². The molecule has 0 N–H and O–H groups in total. The van der Waals surface area contributed by atoms with Gasteiger partial charge >= 0.3 is 11.8 Å². The Balaban J connectivity index is 2.41. The third kappa shape index (κ3) is 5.49. The molecule has 0 saturated heterocycles. The van der Waals surface area contributed by atoms with Gasteiger partial charge in [0.1, 0.15) is 5.60 Å². The molecule has 0 spiro atoms. The number of rotatable bonds is 4. The summed E-state index contributed by atoms with van der Waals surface area (Å²) in [6, 6.07) is 3.09. The first-order chi connectivity index (χ1) is 13.3. The van der Waals surface area contributed by atoms with Crippen molar-refractivity contribution in [2.75, 3.05) is 0 Å². The van der Waals surface area contributed by atoms with Gasteiger partial charge in [0, 0.05) is 12.1 Å². The first-order valence-electron chi connectivity index (χ1n) is 9.98. The third-order valence-electron chi connectivity index (χ3n) is 4.69. The number of carbonyl (C=O) groups excluding carboxylic acids is 1. The largest absolute Gasteiger partial charge is 0.484 e. The van der Waals surface area contributed by atoms with Crippen LogP contribution in [0.2, 0.25) is 0 Å². The van der Waals surface area contributed by atoms with Gasteiger partial charge in [-0.15, -0.1) is 0 Å².